The molecule has 0 saturated heterocycles. The highest BCUT2D eigenvalue weighted by atomic mass is 32.2. The van der Waals surface area contributed by atoms with Gasteiger partial charge in [0.2, 0.25) is 5.91 Å². The molecule has 1 unspecified atom stereocenters. The first kappa shape index (κ1) is 17.9. The lowest BCUT2D eigenvalue weighted by Gasteiger charge is -2.12. The molecule has 1 heterocycles. The predicted octanol–water partition coefficient (Wildman–Crippen LogP) is 3.09. The molecule has 0 radical (unpaired) electrons. The van der Waals surface area contributed by atoms with Crippen molar-refractivity contribution in [1.82, 2.24) is 9.97 Å². The van der Waals surface area contributed by atoms with Gasteiger partial charge in [-0.1, -0.05) is 11.8 Å². The molecule has 1 aromatic carbocycles. The van der Waals surface area contributed by atoms with Crippen molar-refractivity contribution in [2.75, 3.05) is 11.1 Å². The van der Waals surface area contributed by atoms with Gasteiger partial charge in [0.15, 0.2) is 5.16 Å². The number of nitrogens with two attached hydrogens (primary N) is 1. The van der Waals surface area contributed by atoms with Gasteiger partial charge in [0.25, 0.3) is 0 Å². The number of aryl methyl sites for hydroxylation is 1. The van der Waals surface area contributed by atoms with Gasteiger partial charge in [-0.25, -0.2) is 9.97 Å². The number of carbonyl (C=O) groups excluding carboxylic acids is 1. The van der Waals surface area contributed by atoms with Crippen molar-refractivity contribution >= 4 is 29.2 Å². The Bertz CT molecular complexity index is 693. The maximum atomic E-state index is 12.2. The van der Waals surface area contributed by atoms with Crippen molar-refractivity contribution in [3.63, 3.8) is 0 Å². The number of halogens is 2. The summed E-state index contributed by atoms with van der Waals surface area (Å²) in [6, 6.07) is 7.30. The summed E-state index contributed by atoms with van der Waals surface area (Å²) in [6.07, 6.45) is 0. The quantitative estimate of drug-likeness (QED) is 0.612. The number of ether oxygens (including phenoxy) is 1. The topological polar surface area (TPSA) is 90.1 Å². The van der Waals surface area contributed by atoms with E-state index >= 15 is 0 Å². The van der Waals surface area contributed by atoms with E-state index in [0.29, 0.717) is 22.4 Å². The Morgan fingerprint density at radius 2 is 1.96 bits per heavy atom. The third kappa shape index (κ3) is 5.34. The third-order valence-corrected chi connectivity index (χ3v) is 3.81. The molecule has 2 rings (SSSR count). The number of amides is 1. The van der Waals surface area contributed by atoms with Crippen LogP contribution >= 0.6 is 11.8 Å². The molecule has 0 fully saturated rings. The number of carbonyl (C=O) groups is 1. The number of aromatic nitrogens is 2. The van der Waals surface area contributed by atoms with Crippen LogP contribution in [0, 0.1) is 6.92 Å². The minimum Gasteiger partial charge on any atom is -0.435 e. The Balaban J connectivity index is 1.95. The van der Waals surface area contributed by atoms with Gasteiger partial charge >= 0.3 is 6.61 Å². The second-order valence-electron chi connectivity index (χ2n) is 4.87. The largest absolute Gasteiger partial charge is 0.435 e. The van der Waals surface area contributed by atoms with Crippen LogP contribution in [0.5, 0.6) is 5.75 Å². The van der Waals surface area contributed by atoms with Crippen LogP contribution in [0.3, 0.4) is 0 Å². The van der Waals surface area contributed by atoms with Crippen molar-refractivity contribution in [3.05, 3.63) is 36.0 Å². The highest BCUT2D eigenvalue weighted by molar-refractivity contribution is 8.00. The fourth-order valence-electron chi connectivity index (χ4n) is 1.79. The number of anilines is 2. The molecule has 3 N–H and O–H groups in total. The van der Waals surface area contributed by atoms with E-state index in [1.165, 1.54) is 36.0 Å². The first-order chi connectivity index (χ1) is 11.3. The first-order valence-corrected chi connectivity index (χ1v) is 7.85. The average molecular weight is 354 g/mol. The molecule has 2 aromatic rings. The average Bonchev–Trinajstić information content (AvgIpc) is 2.47. The lowest BCUT2D eigenvalue weighted by atomic mass is 10.3. The summed E-state index contributed by atoms with van der Waals surface area (Å²) < 4.78 is 28.4. The zero-order chi connectivity index (χ0) is 17.7. The molecule has 9 heteroatoms. The van der Waals surface area contributed by atoms with Crippen LogP contribution < -0.4 is 15.8 Å². The van der Waals surface area contributed by atoms with E-state index in [0.717, 1.165) is 0 Å². The van der Waals surface area contributed by atoms with Gasteiger partial charge in [0.05, 0.1) is 5.25 Å². The van der Waals surface area contributed by atoms with Crippen molar-refractivity contribution in [2.45, 2.75) is 30.9 Å². The van der Waals surface area contributed by atoms with Crippen LogP contribution in [0.2, 0.25) is 0 Å². The number of benzene rings is 1. The molecule has 6 nitrogen and oxygen atoms in total. The number of nitrogens with zero attached hydrogens (tertiary/aromatic N) is 2. The summed E-state index contributed by atoms with van der Waals surface area (Å²) in [6.45, 7) is 0.607. The Hall–Kier alpha value is -2.42. The monoisotopic (exact) mass is 354 g/mol. The summed E-state index contributed by atoms with van der Waals surface area (Å²) in [5, 5.41) is 2.63. The van der Waals surface area contributed by atoms with Crippen LogP contribution in [-0.2, 0) is 4.79 Å². The van der Waals surface area contributed by atoms with E-state index in [2.05, 4.69) is 20.0 Å². The molecule has 1 atom stereocenters. The molecule has 0 aliphatic rings. The lowest BCUT2D eigenvalue weighted by molar-refractivity contribution is -0.115. The van der Waals surface area contributed by atoms with Gasteiger partial charge in [-0.3, -0.25) is 4.79 Å². The Morgan fingerprint density at radius 3 is 2.54 bits per heavy atom. The third-order valence-electron chi connectivity index (χ3n) is 2.85. The van der Waals surface area contributed by atoms with E-state index in [1.54, 1.807) is 19.9 Å². The van der Waals surface area contributed by atoms with Gasteiger partial charge in [-0.05, 0) is 38.1 Å². The van der Waals surface area contributed by atoms with Crippen molar-refractivity contribution in [1.29, 1.82) is 0 Å². The van der Waals surface area contributed by atoms with E-state index in [9.17, 15) is 13.6 Å². The highest BCUT2D eigenvalue weighted by Crippen LogP contribution is 2.23. The maximum Gasteiger partial charge on any atom is 0.387 e. The van der Waals surface area contributed by atoms with Crippen molar-refractivity contribution in [2.24, 2.45) is 0 Å². The van der Waals surface area contributed by atoms with Crippen LogP contribution in [0.25, 0.3) is 0 Å². The van der Waals surface area contributed by atoms with Gasteiger partial charge in [-0.15, -0.1) is 0 Å². The predicted molar refractivity (Wildman–Crippen MR) is 88.2 cm³/mol. The van der Waals surface area contributed by atoms with Crippen LogP contribution in [0.1, 0.15) is 12.6 Å². The van der Waals surface area contributed by atoms with Crippen LogP contribution in [0.4, 0.5) is 20.3 Å². The smallest absolute Gasteiger partial charge is 0.387 e. The fourth-order valence-corrected chi connectivity index (χ4v) is 2.63. The molecule has 0 saturated carbocycles. The highest BCUT2D eigenvalue weighted by Gasteiger charge is 2.17. The molecule has 1 amide bonds. The van der Waals surface area contributed by atoms with E-state index in [1.807, 2.05) is 0 Å². The van der Waals surface area contributed by atoms with Crippen molar-refractivity contribution in [3.8, 4) is 5.75 Å². The first-order valence-electron chi connectivity index (χ1n) is 6.97. The maximum absolute atomic E-state index is 12.2. The zero-order valence-electron chi connectivity index (χ0n) is 13.0. The minimum absolute atomic E-state index is 0.0223. The summed E-state index contributed by atoms with van der Waals surface area (Å²) in [5.74, 6) is 0.0903. The fraction of sp³-hybridized carbons (Fsp3) is 0.267. The standard InChI is InChI=1S/C15H16F2N4O2S/c1-8-7-12(18)21-15(19-8)24-9(2)13(22)20-10-3-5-11(6-4-10)23-14(16)17/h3-7,9,14H,1-2H3,(H,20,22)(H2,18,19,21). The van der Waals surface area contributed by atoms with Gasteiger partial charge in [0, 0.05) is 17.4 Å². The molecule has 0 aliphatic carbocycles. The number of hydrogen-bond donors (Lipinski definition) is 2. The van der Waals surface area contributed by atoms with Crippen LogP contribution in [0.15, 0.2) is 35.5 Å². The summed E-state index contributed by atoms with van der Waals surface area (Å²) in [5.41, 5.74) is 6.84. The number of nitrogen functional groups attached to an aromatic ring is 1. The Kier molecular flexibility index (Phi) is 5.91. The van der Waals surface area contributed by atoms with Crippen molar-refractivity contribution < 1.29 is 18.3 Å². The van der Waals surface area contributed by atoms with Gasteiger partial charge in [-0.2, -0.15) is 8.78 Å². The number of hydrogen-bond acceptors (Lipinski definition) is 6. The second-order valence-corrected chi connectivity index (χ2v) is 6.18. The van der Waals surface area contributed by atoms with E-state index < -0.39 is 11.9 Å². The molecule has 1 aromatic heterocycles. The zero-order valence-corrected chi connectivity index (χ0v) is 13.8. The summed E-state index contributed by atoms with van der Waals surface area (Å²) in [7, 11) is 0. The lowest BCUT2D eigenvalue weighted by Crippen LogP contribution is -2.22. The number of nitrogens with one attached hydrogen (secondary N) is 1. The number of alkyl halides is 2. The van der Waals surface area contributed by atoms with Crippen LogP contribution in [-0.4, -0.2) is 27.7 Å². The molecular weight excluding hydrogens is 338 g/mol. The molecule has 0 aliphatic heterocycles. The summed E-state index contributed by atoms with van der Waals surface area (Å²) in [4.78, 5) is 20.5. The molecule has 128 valence electrons. The number of thioether (sulfide) groups is 1. The molecule has 24 heavy (non-hydrogen) atoms. The van der Waals surface area contributed by atoms with E-state index in [4.69, 9.17) is 5.73 Å². The Labute approximate surface area is 141 Å². The summed E-state index contributed by atoms with van der Waals surface area (Å²) >= 11 is 1.17. The Morgan fingerprint density at radius 1 is 1.29 bits per heavy atom. The van der Waals surface area contributed by atoms with E-state index in [-0.39, 0.29) is 11.7 Å². The van der Waals surface area contributed by atoms with Gasteiger partial charge < -0.3 is 15.8 Å². The SMILES string of the molecule is Cc1cc(N)nc(SC(C)C(=O)Nc2ccc(OC(F)F)cc2)n1. The minimum atomic E-state index is -2.89. The second kappa shape index (κ2) is 7.91. The van der Waals surface area contributed by atoms with Gasteiger partial charge in [0.1, 0.15) is 11.6 Å². The molecular formula is C15H16F2N4O2S. The normalized spacial score (nSPS) is 12.0. The molecule has 0 bridgehead atoms. The number of rotatable bonds is 6. The molecule has 0 spiro atoms.